The fraction of sp³-hybridized carbons (Fsp3) is 0.842. The number of amides is 2. The number of carboxylic acid groups (broad SMARTS) is 1. The smallest absolute Gasteiger partial charge is 0.328 e. The van der Waals surface area contributed by atoms with Gasteiger partial charge in [0.25, 0.3) is 0 Å². The van der Waals surface area contributed by atoms with Gasteiger partial charge in [0, 0.05) is 12.8 Å². The fourth-order valence-corrected chi connectivity index (χ4v) is 5.49. The molecule has 0 spiro atoms. The van der Waals surface area contributed by atoms with Crippen LogP contribution in [-0.2, 0) is 23.9 Å². The first-order chi connectivity index (χ1) is 22.8. The molecule has 47 heavy (non-hydrogen) atoms. The topological polar surface area (TPSA) is 142 Å². The van der Waals surface area contributed by atoms with E-state index in [1.165, 1.54) is 89.9 Å². The second kappa shape index (κ2) is 33.5. The molecular weight excluding hydrogens is 596 g/mol. The van der Waals surface area contributed by atoms with Crippen molar-refractivity contribution in [3.8, 4) is 0 Å². The van der Waals surface area contributed by atoms with Crippen molar-refractivity contribution in [2.45, 2.75) is 193 Å². The third-order valence-corrected chi connectivity index (χ3v) is 8.50. The summed E-state index contributed by atoms with van der Waals surface area (Å²) in [5, 5.41) is 22.4. The number of unbranched alkanes of at least 4 members (excludes halogenated alkanes) is 20. The summed E-state index contributed by atoms with van der Waals surface area (Å²) in [5.41, 5.74) is 0. The Balaban J connectivity index is 4.00. The van der Waals surface area contributed by atoms with Crippen LogP contribution in [0.2, 0.25) is 0 Å². The minimum Gasteiger partial charge on any atom is -0.480 e. The lowest BCUT2D eigenvalue weighted by atomic mass is 10.0. The molecule has 9 nitrogen and oxygen atoms in total. The van der Waals surface area contributed by atoms with Gasteiger partial charge in [0.1, 0.15) is 12.1 Å². The Morgan fingerprint density at radius 1 is 0.638 bits per heavy atom. The SMILES string of the molecule is CCCC/C=C\C(CCCCCCC(=O)NCC(=O)NC(CO)C(=O)O)OC(=O)CCCCCCCCCCCCCCCCCC. The zero-order valence-electron chi connectivity index (χ0n) is 30.0. The predicted molar refractivity (Wildman–Crippen MR) is 190 cm³/mol. The highest BCUT2D eigenvalue weighted by Crippen LogP contribution is 2.16. The van der Waals surface area contributed by atoms with Crippen LogP contribution in [0.15, 0.2) is 12.2 Å². The Morgan fingerprint density at radius 2 is 1.13 bits per heavy atom. The third kappa shape index (κ3) is 30.7. The molecule has 4 N–H and O–H groups in total. The molecule has 0 aliphatic rings. The molecule has 2 atom stereocenters. The van der Waals surface area contributed by atoms with Gasteiger partial charge in [0.2, 0.25) is 11.8 Å². The summed E-state index contributed by atoms with van der Waals surface area (Å²) in [5.74, 6) is -2.40. The minimum atomic E-state index is -1.39. The van der Waals surface area contributed by atoms with E-state index < -0.39 is 24.5 Å². The number of carbonyl (C=O) groups is 4. The zero-order valence-corrected chi connectivity index (χ0v) is 30.0. The highest BCUT2D eigenvalue weighted by atomic mass is 16.5. The van der Waals surface area contributed by atoms with Crippen molar-refractivity contribution in [1.82, 2.24) is 10.6 Å². The van der Waals surface area contributed by atoms with Gasteiger partial charge < -0.3 is 25.6 Å². The number of rotatable bonds is 34. The number of aliphatic hydroxyl groups excluding tert-OH is 1. The standard InChI is InChI=1S/C38H70N2O7/c1-3-5-7-9-10-11-12-13-14-15-16-17-18-19-20-26-30-37(44)47-33(27-23-8-6-4-2)28-24-21-22-25-29-35(42)39-31-36(43)40-34(32-41)38(45)46/h23,27,33-34,41H,3-22,24-26,28-32H2,1-2H3,(H,39,42)(H,40,43)(H,45,46)/b27-23-. The van der Waals surface area contributed by atoms with Gasteiger partial charge >= 0.3 is 11.9 Å². The monoisotopic (exact) mass is 667 g/mol. The van der Waals surface area contributed by atoms with Gasteiger partial charge in [-0.05, 0) is 38.2 Å². The quantitative estimate of drug-likeness (QED) is 0.0307. The number of esters is 1. The molecule has 0 rings (SSSR count). The number of hydrogen-bond acceptors (Lipinski definition) is 6. The number of aliphatic carboxylic acids is 1. The van der Waals surface area contributed by atoms with Crippen molar-refractivity contribution in [3.05, 3.63) is 12.2 Å². The molecular formula is C38H70N2O7. The number of ether oxygens (including phenoxy) is 1. The molecule has 0 aromatic carbocycles. The van der Waals surface area contributed by atoms with Crippen molar-refractivity contribution in [2.24, 2.45) is 0 Å². The van der Waals surface area contributed by atoms with E-state index in [0.717, 1.165) is 57.8 Å². The van der Waals surface area contributed by atoms with Gasteiger partial charge in [0.05, 0.1) is 13.2 Å². The lowest BCUT2D eigenvalue weighted by molar-refractivity contribution is -0.147. The molecule has 0 heterocycles. The van der Waals surface area contributed by atoms with Crippen molar-refractivity contribution >= 4 is 23.8 Å². The molecule has 0 saturated heterocycles. The Kier molecular flexibility index (Phi) is 31.8. The van der Waals surface area contributed by atoms with E-state index in [9.17, 15) is 19.2 Å². The van der Waals surface area contributed by atoms with Crippen LogP contribution in [0.5, 0.6) is 0 Å². The van der Waals surface area contributed by atoms with Crippen molar-refractivity contribution in [3.63, 3.8) is 0 Å². The van der Waals surface area contributed by atoms with Gasteiger partial charge in [-0.2, -0.15) is 0 Å². The summed E-state index contributed by atoms with van der Waals surface area (Å²) < 4.78 is 5.82. The molecule has 0 saturated carbocycles. The Morgan fingerprint density at radius 3 is 1.64 bits per heavy atom. The van der Waals surface area contributed by atoms with Crippen LogP contribution in [-0.4, -0.2) is 59.3 Å². The van der Waals surface area contributed by atoms with Gasteiger partial charge in [-0.15, -0.1) is 0 Å². The molecule has 0 aliphatic carbocycles. The number of hydrogen-bond donors (Lipinski definition) is 4. The van der Waals surface area contributed by atoms with Crippen LogP contribution in [0.25, 0.3) is 0 Å². The first kappa shape index (κ1) is 44.6. The summed E-state index contributed by atoms with van der Waals surface area (Å²) in [6, 6.07) is -1.39. The Labute approximate surface area is 286 Å². The Hall–Kier alpha value is -2.42. The molecule has 0 aliphatic heterocycles. The van der Waals surface area contributed by atoms with Gasteiger partial charge in [-0.25, -0.2) is 4.79 Å². The van der Waals surface area contributed by atoms with Crippen LogP contribution in [0.3, 0.4) is 0 Å². The van der Waals surface area contributed by atoms with E-state index in [-0.39, 0.29) is 30.9 Å². The van der Waals surface area contributed by atoms with Crippen LogP contribution >= 0.6 is 0 Å². The highest BCUT2D eigenvalue weighted by molar-refractivity contribution is 5.87. The van der Waals surface area contributed by atoms with Gasteiger partial charge in [-0.1, -0.05) is 142 Å². The van der Waals surface area contributed by atoms with Gasteiger partial charge in [-0.3, -0.25) is 14.4 Å². The van der Waals surface area contributed by atoms with Crippen LogP contribution in [0.4, 0.5) is 0 Å². The van der Waals surface area contributed by atoms with Crippen molar-refractivity contribution in [2.75, 3.05) is 13.2 Å². The maximum atomic E-state index is 12.5. The average Bonchev–Trinajstić information content (AvgIpc) is 3.05. The second-order valence-electron chi connectivity index (χ2n) is 13.0. The second-order valence-corrected chi connectivity index (χ2v) is 13.0. The third-order valence-electron chi connectivity index (χ3n) is 8.50. The maximum absolute atomic E-state index is 12.5. The maximum Gasteiger partial charge on any atom is 0.328 e. The van der Waals surface area contributed by atoms with Gasteiger partial charge in [0.15, 0.2) is 0 Å². The molecule has 0 aromatic heterocycles. The van der Waals surface area contributed by atoms with E-state index in [1.54, 1.807) is 0 Å². The summed E-state index contributed by atoms with van der Waals surface area (Å²) in [6.07, 6.45) is 32.9. The highest BCUT2D eigenvalue weighted by Gasteiger charge is 2.18. The first-order valence-electron chi connectivity index (χ1n) is 19.1. The lowest BCUT2D eigenvalue weighted by Gasteiger charge is -2.15. The lowest BCUT2D eigenvalue weighted by Crippen LogP contribution is -2.47. The summed E-state index contributed by atoms with van der Waals surface area (Å²) in [7, 11) is 0. The van der Waals surface area contributed by atoms with Crippen molar-refractivity contribution < 1.29 is 34.1 Å². The number of carboxylic acids is 1. The molecule has 0 fully saturated rings. The predicted octanol–water partition coefficient (Wildman–Crippen LogP) is 8.31. The fourth-order valence-electron chi connectivity index (χ4n) is 5.49. The molecule has 2 amide bonds. The number of aliphatic hydroxyl groups is 1. The van der Waals surface area contributed by atoms with E-state index >= 15 is 0 Å². The summed E-state index contributed by atoms with van der Waals surface area (Å²) in [4.78, 5) is 47.1. The molecule has 274 valence electrons. The van der Waals surface area contributed by atoms with Crippen LogP contribution < -0.4 is 10.6 Å². The number of nitrogens with one attached hydrogen (secondary N) is 2. The van der Waals surface area contributed by atoms with E-state index in [1.807, 2.05) is 6.08 Å². The molecule has 0 bridgehead atoms. The van der Waals surface area contributed by atoms with Crippen LogP contribution in [0, 0.1) is 0 Å². The van der Waals surface area contributed by atoms with E-state index in [0.29, 0.717) is 12.8 Å². The average molecular weight is 667 g/mol. The van der Waals surface area contributed by atoms with E-state index in [2.05, 4.69) is 30.6 Å². The van der Waals surface area contributed by atoms with E-state index in [4.69, 9.17) is 14.9 Å². The summed E-state index contributed by atoms with van der Waals surface area (Å²) >= 11 is 0. The molecule has 2 unspecified atom stereocenters. The van der Waals surface area contributed by atoms with Crippen molar-refractivity contribution in [1.29, 1.82) is 0 Å². The summed E-state index contributed by atoms with van der Waals surface area (Å²) in [6.45, 7) is 3.37. The molecule has 9 heteroatoms. The number of carbonyl (C=O) groups excluding carboxylic acids is 3. The number of allylic oxidation sites excluding steroid dienone is 1. The molecule has 0 aromatic rings. The minimum absolute atomic E-state index is 0.116. The zero-order chi connectivity index (χ0) is 34.8. The van der Waals surface area contributed by atoms with Crippen LogP contribution in [0.1, 0.15) is 181 Å². The first-order valence-corrected chi connectivity index (χ1v) is 19.1. The largest absolute Gasteiger partial charge is 0.480 e. The normalized spacial score (nSPS) is 12.6. The Bertz CT molecular complexity index is 818. The molecule has 0 radical (unpaired) electrons.